The molecule has 5 rings (SSSR count). The van der Waals surface area contributed by atoms with E-state index < -0.39 is 12.0 Å². The van der Waals surface area contributed by atoms with Crippen molar-refractivity contribution in [1.82, 2.24) is 4.90 Å². The number of benzene rings is 1. The minimum atomic E-state index is -0.494. The summed E-state index contributed by atoms with van der Waals surface area (Å²) < 4.78 is 16.6. The predicted octanol–water partition coefficient (Wildman–Crippen LogP) is 3.67. The summed E-state index contributed by atoms with van der Waals surface area (Å²) in [5, 5.41) is 0. The third-order valence-corrected chi connectivity index (χ3v) is 9.20. The van der Waals surface area contributed by atoms with Crippen molar-refractivity contribution in [2.45, 2.75) is 82.8 Å². The van der Waals surface area contributed by atoms with Gasteiger partial charge in [-0.3, -0.25) is 9.69 Å². The zero-order chi connectivity index (χ0) is 23.5. The molecular weight excluding hydrogens is 420 g/mol. The summed E-state index contributed by atoms with van der Waals surface area (Å²) in [4.78, 5) is 29.9. The molecule has 180 valence electrons. The molecule has 3 aliphatic heterocycles. The number of ether oxygens (including phenoxy) is 3. The van der Waals surface area contributed by atoms with Gasteiger partial charge in [0.15, 0.2) is 11.5 Å². The molecule has 0 bridgehead atoms. The molecule has 1 aliphatic carbocycles. The van der Waals surface area contributed by atoms with E-state index in [1.165, 1.54) is 32.4 Å². The summed E-state index contributed by atoms with van der Waals surface area (Å²) in [6, 6.07) is 4.18. The van der Waals surface area contributed by atoms with Crippen molar-refractivity contribution in [3.63, 3.8) is 0 Å². The van der Waals surface area contributed by atoms with Crippen LogP contribution in [-0.2, 0) is 19.7 Å². The topological polar surface area (TPSA) is 68.3 Å². The monoisotopic (exact) mass is 456 g/mol. The number of carbonyl (C=O) groups is 2. The molecule has 5 atom stereocenters. The van der Waals surface area contributed by atoms with Gasteiger partial charge in [0.2, 0.25) is 0 Å². The van der Waals surface area contributed by atoms with E-state index in [1.54, 1.807) is 7.11 Å². The van der Waals surface area contributed by atoms with Gasteiger partial charge in [-0.25, -0.2) is 4.79 Å². The van der Waals surface area contributed by atoms with Gasteiger partial charge in [0.05, 0.1) is 19.9 Å². The van der Waals surface area contributed by atoms with Crippen LogP contribution >= 0.6 is 0 Å². The highest BCUT2D eigenvalue weighted by Gasteiger charge is 2.69. The fourth-order valence-corrected chi connectivity index (χ4v) is 8.04. The molecule has 1 spiro atoms. The Balaban J connectivity index is 1.77. The number of hydrogen-bond acceptors (Lipinski definition) is 7. The zero-order valence-electron chi connectivity index (χ0n) is 20.5. The lowest BCUT2D eigenvalue weighted by atomic mass is 9.52. The van der Waals surface area contributed by atoms with E-state index in [0.29, 0.717) is 17.5 Å². The van der Waals surface area contributed by atoms with Crippen molar-refractivity contribution < 1.29 is 23.8 Å². The van der Waals surface area contributed by atoms with Crippen molar-refractivity contribution in [2.75, 3.05) is 32.2 Å². The Morgan fingerprint density at radius 3 is 2.64 bits per heavy atom. The van der Waals surface area contributed by atoms with E-state index in [9.17, 15) is 9.59 Å². The summed E-state index contributed by atoms with van der Waals surface area (Å²) in [6.07, 6.45) is 6.88. The fraction of sp³-hybridized carbons (Fsp3) is 0.692. The first kappa shape index (κ1) is 22.5. The number of fused-ring (bicyclic) bond motifs is 1. The Kier molecular flexibility index (Phi) is 5.39. The molecule has 1 aromatic carbocycles. The Morgan fingerprint density at radius 2 is 1.97 bits per heavy atom. The van der Waals surface area contributed by atoms with Crippen LogP contribution in [-0.4, -0.2) is 62.3 Å². The maximum atomic E-state index is 12.9. The first-order valence-corrected chi connectivity index (χ1v) is 12.3. The molecular formula is C26H36N2O5. The number of carbonyl (C=O) groups excluding carboxylic acids is 2. The molecule has 33 heavy (non-hydrogen) atoms. The zero-order valence-corrected chi connectivity index (χ0v) is 20.5. The Bertz CT molecular complexity index is 980. The van der Waals surface area contributed by atoms with Crippen LogP contribution in [0.1, 0.15) is 64.9 Å². The average Bonchev–Trinajstić information content (AvgIpc) is 3.35. The van der Waals surface area contributed by atoms with Gasteiger partial charge in [0, 0.05) is 24.4 Å². The van der Waals surface area contributed by atoms with E-state index in [-0.39, 0.29) is 22.8 Å². The Labute approximate surface area is 196 Å². The number of rotatable bonds is 5. The summed E-state index contributed by atoms with van der Waals surface area (Å²) in [7, 11) is 3.02. The lowest BCUT2D eigenvalue weighted by Gasteiger charge is -2.59. The SMILES string of the molecule is CCC12CCCN3CCC4(c5ccc(OC)c(OC(C)=O)c5N(C(C)C(=O)OC)C4CC1)C32. The molecule has 3 heterocycles. The second-order valence-corrected chi connectivity index (χ2v) is 10.3. The van der Waals surface area contributed by atoms with E-state index in [4.69, 9.17) is 14.2 Å². The number of nitrogens with zero attached hydrogens (tertiary/aromatic N) is 2. The van der Waals surface area contributed by atoms with E-state index in [1.807, 2.05) is 13.0 Å². The second kappa shape index (κ2) is 7.90. The first-order chi connectivity index (χ1) is 15.8. The van der Waals surface area contributed by atoms with Crippen LogP contribution in [0.5, 0.6) is 11.5 Å². The molecule has 2 saturated heterocycles. The van der Waals surface area contributed by atoms with E-state index in [2.05, 4.69) is 22.8 Å². The lowest BCUT2D eigenvalue weighted by molar-refractivity contribution is -0.142. The highest BCUT2D eigenvalue weighted by Crippen LogP contribution is 2.67. The average molecular weight is 457 g/mol. The molecule has 4 aliphatic rings. The number of piperidine rings is 1. The van der Waals surface area contributed by atoms with Gasteiger partial charge in [0.25, 0.3) is 0 Å². The number of anilines is 1. The van der Waals surface area contributed by atoms with Crippen LogP contribution in [0.2, 0.25) is 0 Å². The van der Waals surface area contributed by atoms with Crippen LogP contribution in [0.3, 0.4) is 0 Å². The summed E-state index contributed by atoms with van der Waals surface area (Å²) >= 11 is 0. The van der Waals surface area contributed by atoms with E-state index in [0.717, 1.165) is 44.5 Å². The van der Waals surface area contributed by atoms with Crippen LogP contribution in [0.25, 0.3) is 0 Å². The van der Waals surface area contributed by atoms with Crippen molar-refractivity contribution in [3.05, 3.63) is 17.7 Å². The normalized spacial score (nSPS) is 33.1. The highest BCUT2D eigenvalue weighted by molar-refractivity contribution is 5.87. The summed E-state index contributed by atoms with van der Waals surface area (Å²) in [5.74, 6) is 0.272. The first-order valence-electron chi connectivity index (χ1n) is 12.3. The van der Waals surface area contributed by atoms with Gasteiger partial charge in [-0.05, 0) is 75.6 Å². The van der Waals surface area contributed by atoms with Crippen molar-refractivity contribution in [3.8, 4) is 11.5 Å². The summed E-state index contributed by atoms with van der Waals surface area (Å²) in [5.41, 5.74) is 2.22. The standard InChI is InChI=1S/C26H36N2O5/c1-6-25-11-7-14-27-15-13-26(24(25)27)18-8-9-19(31-4)22(33-17(3)29)21(18)28(20(26)10-12-25)16(2)23(30)32-5/h8-9,16,20,24H,6-7,10-15H2,1-5H3. The van der Waals surface area contributed by atoms with Crippen LogP contribution in [0, 0.1) is 5.41 Å². The molecule has 0 amide bonds. The maximum absolute atomic E-state index is 12.9. The molecule has 0 N–H and O–H groups in total. The van der Waals surface area contributed by atoms with Gasteiger partial charge in [-0.15, -0.1) is 0 Å². The number of hydrogen-bond donors (Lipinski definition) is 0. The largest absolute Gasteiger partial charge is 0.493 e. The second-order valence-electron chi connectivity index (χ2n) is 10.3. The van der Waals surface area contributed by atoms with E-state index >= 15 is 0 Å². The van der Waals surface area contributed by atoms with Gasteiger partial charge in [0.1, 0.15) is 6.04 Å². The predicted molar refractivity (Wildman–Crippen MR) is 125 cm³/mol. The fourth-order valence-electron chi connectivity index (χ4n) is 8.04. The molecule has 0 aromatic heterocycles. The quantitative estimate of drug-likeness (QED) is 0.495. The van der Waals surface area contributed by atoms with Gasteiger partial charge in [-0.2, -0.15) is 0 Å². The number of esters is 2. The van der Waals surface area contributed by atoms with Crippen molar-refractivity contribution in [1.29, 1.82) is 0 Å². The van der Waals surface area contributed by atoms with Crippen LogP contribution in [0.4, 0.5) is 5.69 Å². The van der Waals surface area contributed by atoms with Crippen molar-refractivity contribution in [2.24, 2.45) is 5.41 Å². The minimum absolute atomic E-state index is 0.104. The van der Waals surface area contributed by atoms with Crippen LogP contribution < -0.4 is 14.4 Å². The minimum Gasteiger partial charge on any atom is -0.493 e. The van der Waals surface area contributed by atoms with Crippen LogP contribution in [0.15, 0.2) is 12.1 Å². The van der Waals surface area contributed by atoms with Crippen molar-refractivity contribution >= 4 is 17.6 Å². The maximum Gasteiger partial charge on any atom is 0.328 e. The third kappa shape index (κ3) is 2.90. The third-order valence-electron chi connectivity index (χ3n) is 9.20. The Hall–Kier alpha value is -2.28. The number of methoxy groups -OCH3 is 2. The molecule has 7 heteroatoms. The molecule has 0 radical (unpaired) electrons. The molecule has 5 unspecified atom stereocenters. The Morgan fingerprint density at radius 1 is 1.18 bits per heavy atom. The molecule has 1 aromatic rings. The molecule has 1 saturated carbocycles. The highest BCUT2D eigenvalue weighted by atomic mass is 16.6. The van der Waals surface area contributed by atoms with Gasteiger partial charge in [-0.1, -0.05) is 13.0 Å². The van der Waals surface area contributed by atoms with Gasteiger partial charge < -0.3 is 19.1 Å². The molecule has 3 fully saturated rings. The smallest absolute Gasteiger partial charge is 0.328 e. The van der Waals surface area contributed by atoms with Gasteiger partial charge >= 0.3 is 11.9 Å². The lowest BCUT2D eigenvalue weighted by Crippen LogP contribution is -2.65. The molecule has 7 nitrogen and oxygen atoms in total. The summed E-state index contributed by atoms with van der Waals surface area (Å²) in [6.45, 7) is 7.86.